The Labute approximate surface area is 256 Å². The molecule has 0 saturated heterocycles. The molecule has 1 aliphatic rings. The van der Waals surface area contributed by atoms with Crippen molar-refractivity contribution >= 4 is 62.3 Å². The van der Waals surface area contributed by atoms with Crippen LogP contribution in [0.2, 0.25) is 15.1 Å². The van der Waals surface area contributed by atoms with E-state index in [9.17, 15) is 18.0 Å². The van der Waals surface area contributed by atoms with Crippen molar-refractivity contribution in [2.45, 2.75) is 62.6 Å². The van der Waals surface area contributed by atoms with Gasteiger partial charge in [-0.05, 0) is 67.8 Å². The molecule has 1 fully saturated rings. The molecule has 0 unspecified atom stereocenters. The Kier molecular flexibility index (Phi) is 10.6. The average Bonchev–Trinajstić information content (AvgIpc) is 3.47. The van der Waals surface area contributed by atoms with Gasteiger partial charge in [-0.25, -0.2) is 8.42 Å². The number of carbonyl (C=O) groups is 2. The van der Waals surface area contributed by atoms with Crippen LogP contribution in [0.1, 0.15) is 44.6 Å². The van der Waals surface area contributed by atoms with Crippen LogP contribution in [0, 0.1) is 0 Å². The number of rotatable bonds is 11. The molecule has 218 valence electrons. The van der Waals surface area contributed by atoms with Crippen molar-refractivity contribution in [2.75, 3.05) is 10.8 Å². The standard InChI is InChI=1S/C30H32Cl3N3O4S/c1-2-28(30(38)34-22-9-6-7-10-22)35(19-25-26(32)13-8-14-27(25)33)29(37)20-36(23-17-15-21(31)16-18-23)41(39,40)24-11-4-3-5-12-24/h3-5,8,11-18,22,28H,2,6-7,9-10,19-20H2,1H3,(H,34,38)/t28-/m0/s1. The summed E-state index contributed by atoms with van der Waals surface area (Å²) < 4.78 is 28.7. The Morgan fingerprint density at radius 2 is 1.51 bits per heavy atom. The van der Waals surface area contributed by atoms with Crippen molar-refractivity contribution in [1.29, 1.82) is 0 Å². The lowest BCUT2D eigenvalue weighted by Gasteiger charge is -2.34. The number of carbonyl (C=O) groups excluding carboxylic acids is 2. The molecule has 3 aromatic carbocycles. The Bertz CT molecular complexity index is 1440. The van der Waals surface area contributed by atoms with Gasteiger partial charge >= 0.3 is 0 Å². The van der Waals surface area contributed by atoms with Gasteiger partial charge in [0.15, 0.2) is 0 Å². The Balaban J connectivity index is 1.73. The van der Waals surface area contributed by atoms with Crippen LogP contribution in [-0.4, -0.2) is 43.8 Å². The molecule has 0 spiro atoms. The van der Waals surface area contributed by atoms with Crippen LogP contribution < -0.4 is 9.62 Å². The maximum atomic E-state index is 14.2. The lowest BCUT2D eigenvalue weighted by molar-refractivity contribution is -0.140. The number of amides is 2. The van der Waals surface area contributed by atoms with Gasteiger partial charge in [0.25, 0.3) is 10.0 Å². The quantitative estimate of drug-likeness (QED) is 0.254. The highest BCUT2D eigenvalue weighted by Crippen LogP contribution is 2.29. The fraction of sp³-hybridized carbons (Fsp3) is 0.333. The summed E-state index contributed by atoms with van der Waals surface area (Å²) in [5.41, 5.74) is 0.728. The summed E-state index contributed by atoms with van der Waals surface area (Å²) in [7, 11) is -4.17. The summed E-state index contributed by atoms with van der Waals surface area (Å²) in [5.74, 6) is -0.872. The molecule has 1 atom stereocenters. The molecule has 7 nitrogen and oxygen atoms in total. The van der Waals surface area contributed by atoms with Gasteiger partial charge in [-0.2, -0.15) is 0 Å². The molecule has 1 N–H and O–H groups in total. The zero-order valence-electron chi connectivity index (χ0n) is 22.6. The highest BCUT2D eigenvalue weighted by atomic mass is 35.5. The summed E-state index contributed by atoms with van der Waals surface area (Å²) in [4.78, 5) is 29.1. The lowest BCUT2D eigenvalue weighted by atomic mass is 10.1. The Morgan fingerprint density at radius 1 is 0.902 bits per heavy atom. The van der Waals surface area contributed by atoms with Crippen molar-refractivity contribution in [3.63, 3.8) is 0 Å². The van der Waals surface area contributed by atoms with E-state index in [2.05, 4.69) is 5.32 Å². The first-order valence-corrected chi connectivity index (χ1v) is 16.0. The van der Waals surface area contributed by atoms with Crippen LogP contribution >= 0.6 is 34.8 Å². The van der Waals surface area contributed by atoms with Crippen molar-refractivity contribution in [3.05, 3.63) is 93.4 Å². The Morgan fingerprint density at radius 3 is 2.10 bits per heavy atom. The highest BCUT2D eigenvalue weighted by Gasteiger charge is 2.35. The van der Waals surface area contributed by atoms with Gasteiger partial charge in [-0.3, -0.25) is 13.9 Å². The smallest absolute Gasteiger partial charge is 0.264 e. The van der Waals surface area contributed by atoms with Crippen LogP contribution in [0.4, 0.5) is 5.69 Å². The summed E-state index contributed by atoms with van der Waals surface area (Å²) in [5, 5.41) is 4.18. The van der Waals surface area contributed by atoms with Crippen LogP contribution in [0.25, 0.3) is 0 Å². The molecule has 4 rings (SSSR count). The minimum absolute atomic E-state index is 0.0227. The maximum absolute atomic E-state index is 14.2. The van der Waals surface area contributed by atoms with E-state index in [1.54, 1.807) is 48.5 Å². The van der Waals surface area contributed by atoms with Gasteiger partial charge < -0.3 is 10.2 Å². The van der Waals surface area contributed by atoms with E-state index in [0.717, 1.165) is 30.0 Å². The van der Waals surface area contributed by atoms with Crippen molar-refractivity contribution < 1.29 is 18.0 Å². The number of anilines is 1. The number of hydrogen-bond donors (Lipinski definition) is 1. The number of hydrogen-bond acceptors (Lipinski definition) is 4. The number of nitrogens with one attached hydrogen (secondary N) is 1. The summed E-state index contributed by atoms with van der Waals surface area (Å²) in [6.07, 6.45) is 4.14. The maximum Gasteiger partial charge on any atom is 0.264 e. The van der Waals surface area contributed by atoms with Crippen LogP contribution in [-0.2, 0) is 26.2 Å². The summed E-state index contributed by atoms with van der Waals surface area (Å²) in [6.45, 7) is 1.17. The van der Waals surface area contributed by atoms with Gasteiger partial charge in [-0.1, -0.05) is 78.8 Å². The second-order valence-corrected chi connectivity index (χ2v) is 13.1. The van der Waals surface area contributed by atoms with E-state index in [1.165, 1.54) is 29.2 Å². The zero-order valence-corrected chi connectivity index (χ0v) is 25.7. The normalized spacial score (nSPS) is 14.4. The molecule has 0 aliphatic heterocycles. The molecule has 41 heavy (non-hydrogen) atoms. The molecule has 0 radical (unpaired) electrons. The van der Waals surface area contributed by atoms with Crippen molar-refractivity contribution in [1.82, 2.24) is 10.2 Å². The third-order valence-corrected chi connectivity index (χ3v) is 9.95. The van der Waals surface area contributed by atoms with Crippen molar-refractivity contribution in [2.24, 2.45) is 0 Å². The van der Waals surface area contributed by atoms with Crippen molar-refractivity contribution in [3.8, 4) is 0 Å². The van der Waals surface area contributed by atoms with Gasteiger partial charge in [0, 0.05) is 33.2 Å². The molecule has 0 heterocycles. The van der Waals surface area contributed by atoms with E-state index in [-0.39, 0.29) is 29.1 Å². The zero-order chi connectivity index (χ0) is 29.6. The van der Waals surface area contributed by atoms with Crippen LogP contribution in [0.15, 0.2) is 77.7 Å². The van der Waals surface area contributed by atoms with E-state index in [1.807, 2.05) is 6.92 Å². The minimum atomic E-state index is -4.17. The minimum Gasteiger partial charge on any atom is -0.352 e. The van der Waals surface area contributed by atoms with Gasteiger partial charge in [-0.15, -0.1) is 0 Å². The molecule has 2 amide bonds. The number of sulfonamides is 1. The molecule has 0 aromatic heterocycles. The third-order valence-electron chi connectivity index (χ3n) is 7.20. The van der Waals surface area contributed by atoms with Gasteiger partial charge in [0.1, 0.15) is 12.6 Å². The highest BCUT2D eigenvalue weighted by molar-refractivity contribution is 7.92. The molecule has 1 aliphatic carbocycles. The van der Waals surface area contributed by atoms with E-state index in [0.29, 0.717) is 27.1 Å². The fourth-order valence-electron chi connectivity index (χ4n) is 5.00. The largest absolute Gasteiger partial charge is 0.352 e. The number of nitrogens with zero attached hydrogens (tertiary/aromatic N) is 2. The van der Waals surface area contributed by atoms with Gasteiger partial charge in [0.05, 0.1) is 10.6 Å². The molecular weight excluding hydrogens is 605 g/mol. The molecule has 0 bridgehead atoms. The molecular formula is C30H32Cl3N3O4S. The predicted molar refractivity (Wildman–Crippen MR) is 164 cm³/mol. The Hall–Kier alpha value is -2.78. The first-order chi connectivity index (χ1) is 19.6. The molecule has 1 saturated carbocycles. The van der Waals surface area contributed by atoms with E-state index < -0.39 is 28.5 Å². The first-order valence-electron chi connectivity index (χ1n) is 13.5. The van der Waals surface area contributed by atoms with Crippen LogP contribution in [0.5, 0.6) is 0 Å². The van der Waals surface area contributed by atoms with Gasteiger partial charge in [0.2, 0.25) is 11.8 Å². The second-order valence-electron chi connectivity index (χ2n) is 9.94. The van der Waals surface area contributed by atoms with Crippen LogP contribution in [0.3, 0.4) is 0 Å². The fourth-order valence-corrected chi connectivity index (χ4v) is 7.07. The molecule has 3 aromatic rings. The monoisotopic (exact) mass is 635 g/mol. The topological polar surface area (TPSA) is 86.8 Å². The average molecular weight is 637 g/mol. The summed E-state index contributed by atoms with van der Waals surface area (Å²) in [6, 6.07) is 18.2. The number of halogens is 3. The lowest BCUT2D eigenvalue weighted by Crippen LogP contribution is -2.53. The predicted octanol–water partition coefficient (Wildman–Crippen LogP) is 6.71. The third kappa shape index (κ3) is 7.55. The second kappa shape index (κ2) is 13.9. The SMILES string of the molecule is CC[C@@H](C(=O)NC1CCCC1)N(Cc1c(Cl)cccc1Cl)C(=O)CN(c1ccc(Cl)cc1)S(=O)(=O)c1ccccc1. The van der Waals surface area contributed by atoms with E-state index in [4.69, 9.17) is 34.8 Å². The van der Waals surface area contributed by atoms with E-state index >= 15 is 0 Å². The number of benzene rings is 3. The first kappa shape index (κ1) is 31.2. The summed E-state index contributed by atoms with van der Waals surface area (Å²) >= 11 is 19.0. The molecule has 11 heteroatoms.